The summed E-state index contributed by atoms with van der Waals surface area (Å²) in [4.78, 5) is 0. The molecule has 0 spiro atoms. The average molecular weight is 240 g/mol. The number of hydrogen-bond donors (Lipinski definition) is 0. The molecular weight excluding hydrogens is 220 g/mol. The fourth-order valence-corrected chi connectivity index (χ4v) is 2.67. The topological polar surface area (TPSA) is 7.76 Å². The van der Waals surface area contributed by atoms with Crippen molar-refractivity contribution < 1.29 is 9.13 Å². The van der Waals surface area contributed by atoms with Gasteiger partial charge in [0.2, 0.25) is 0 Å². The molecule has 2 aromatic rings. The number of rotatable bonds is 0. The van der Waals surface area contributed by atoms with Crippen molar-refractivity contribution in [1.82, 2.24) is 0 Å². The van der Waals surface area contributed by atoms with E-state index in [0.29, 0.717) is 0 Å². The SMILES string of the molecule is Cc1cc[n+]2c(c1)-c1cc(C)cc[n+]1CCCC2. The van der Waals surface area contributed by atoms with Gasteiger partial charge in [0, 0.05) is 37.1 Å². The van der Waals surface area contributed by atoms with Gasteiger partial charge in [0.15, 0.2) is 12.4 Å². The van der Waals surface area contributed by atoms with Gasteiger partial charge in [-0.05, 0) is 25.0 Å². The summed E-state index contributed by atoms with van der Waals surface area (Å²) in [5, 5.41) is 0. The third-order valence-electron chi connectivity index (χ3n) is 3.69. The monoisotopic (exact) mass is 240 g/mol. The second kappa shape index (κ2) is 4.52. The molecule has 0 bridgehead atoms. The van der Waals surface area contributed by atoms with Crippen molar-refractivity contribution in [2.45, 2.75) is 39.8 Å². The molecule has 0 aliphatic carbocycles. The third kappa shape index (κ3) is 2.03. The number of hydrogen-bond acceptors (Lipinski definition) is 0. The first-order valence-electron chi connectivity index (χ1n) is 6.74. The zero-order chi connectivity index (χ0) is 12.5. The van der Waals surface area contributed by atoms with Crippen LogP contribution in [0.3, 0.4) is 0 Å². The van der Waals surface area contributed by atoms with Crippen molar-refractivity contribution in [3.05, 3.63) is 47.8 Å². The molecule has 1 aliphatic rings. The second-order valence-corrected chi connectivity index (χ2v) is 5.27. The van der Waals surface area contributed by atoms with Gasteiger partial charge >= 0.3 is 0 Å². The molecule has 2 aromatic heterocycles. The van der Waals surface area contributed by atoms with Crippen molar-refractivity contribution in [3.63, 3.8) is 0 Å². The fourth-order valence-electron chi connectivity index (χ4n) is 2.67. The van der Waals surface area contributed by atoms with Crippen molar-refractivity contribution in [2.24, 2.45) is 0 Å². The van der Waals surface area contributed by atoms with E-state index in [4.69, 9.17) is 0 Å². The van der Waals surface area contributed by atoms with Crippen molar-refractivity contribution in [3.8, 4) is 11.4 Å². The summed E-state index contributed by atoms with van der Waals surface area (Å²) in [5.74, 6) is 0. The van der Waals surface area contributed by atoms with Crippen molar-refractivity contribution >= 4 is 0 Å². The lowest BCUT2D eigenvalue weighted by atomic mass is 10.1. The Bertz CT molecular complexity index is 534. The predicted molar refractivity (Wildman–Crippen MR) is 71.0 cm³/mol. The summed E-state index contributed by atoms with van der Waals surface area (Å²) in [5.41, 5.74) is 5.35. The first kappa shape index (κ1) is 11.4. The lowest BCUT2D eigenvalue weighted by molar-refractivity contribution is -0.725. The predicted octanol–water partition coefficient (Wildman–Crippen LogP) is 2.34. The molecule has 0 saturated carbocycles. The smallest absolute Gasteiger partial charge is 0.193 e. The van der Waals surface area contributed by atoms with Gasteiger partial charge in [0.25, 0.3) is 11.4 Å². The maximum absolute atomic E-state index is 2.39. The Kier molecular flexibility index (Phi) is 2.86. The van der Waals surface area contributed by atoms with Crippen LogP contribution in [0.2, 0.25) is 0 Å². The van der Waals surface area contributed by atoms with E-state index in [0.717, 1.165) is 13.1 Å². The largest absolute Gasteiger partial charge is 0.277 e. The van der Waals surface area contributed by atoms with Crippen LogP contribution in [0, 0.1) is 13.8 Å². The van der Waals surface area contributed by atoms with E-state index < -0.39 is 0 Å². The molecule has 0 amide bonds. The maximum Gasteiger partial charge on any atom is 0.277 e. The highest BCUT2D eigenvalue weighted by Crippen LogP contribution is 2.16. The van der Waals surface area contributed by atoms with Crippen LogP contribution in [0.5, 0.6) is 0 Å². The van der Waals surface area contributed by atoms with Crippen LogP contribution >= 0.6 is 0 Å². The standard InChI is InChI=1S/C16H20N2/c1-13-5-9-17-7-3-4-8-18-10-6-14(2)12-16(18)15(17)11-13/h5-6,9-12H,3-4,7-8H2,1-2H3/q+2. The fraction of sp³-hybridized carbons (Fsp3) is 0.375. The second-order valence-electron chi connectivity index (χ2n) is 5.27. The summed E-state index contributed by atoms with van der Waals surface area (Å²) in [6, 6.07) is 9.00. The Morgan fingerprint density at radius 3 is 1.67 bits per heavy atom. The van der Waals surface area contributed by atoms with Crippen LogP contribution in [-0.4, -0.2) is 0 Å². The number of aromatic nitrogens is 2. The summed E-state index contributed by atoms with van der Waals surface area (Å²) >= 11 is 0. The van der Waals surface area contributed by atoms with Crippen LogP contribution in [0.25, 0.3) is 11.4 Å². The van der Waals surface area contributed by atoms with Gasteiger partial charge in [-0.3, -0.25) is 0 Å². The number of pyridine rings is 2. The molecule has 0 aromatic carbocycles. The lowest BCUT2D eigenvalue weighted by Crippen LogP contribution is -2.45. The third-order valence-corrected chi connectivity index (χ3v) is 3.69. The van der Waals surface area contributed by atoms with Crippen LogP contribution in [0.4, 0.5) is 0 Å². The minimum atomic E-state index is 1.13. The first-order chi connectivity index (χ1) is 8.74. The molecule has 0 unspecified atom stereocenters. The molecular formula is C16H20N2+2. The zero-order valence-corrected chi connectivity index (χ0v) is 11.2. The van der Waals surface area contributed by atoms with Gasteiger partial charge in [0.05, 0.1) is 0 Å². The van der Waals surface area contributed by atoms with Gasteiger partial charge in [0.1, 0.15) is 13.1 Å². The molecule has 0 saturated heterocycles. The number of aryl methyl sites for hydroxylation is 4. The van der Waals surface area contributed by atoms with E-state index in [1.165, 1.54) is 35.4 Å². The minimum Gasteiger partial charge on any atom is -0.193 e. The van der Waals surface area contributed by atoms with E-state index >= 15 is 0 Å². The Morgan fingerprint density at radius 1 is 0.778 bits per heavy atom. The molecule has 2 heteroatoms. The Morgan fingerprint density at radius 2 is 1.22 bits per heavy atom. The zero-order valence-electron chi connectivity index (χ0n) is 11.2. The Hall–Kier alpha value is -1.70. The van der Waals surface area contributed by atoms with E-state index in [2.05, 4.69) is 59.6 Å². The van der Waals surface area contributed by atoms with Crippen LogP contribution in [0.15, 0.2) is 36.7 Å². The van der Waals surface area contributed by atoms with E-state index in [1.807, 2.05) is 0 Å². The molecule has 2 nitrogen and oxygen atoms in total. The van der Waals surface area contributed by atoms with Gasteiger partial charge < -0.3 is 0 Å². The number of fused-ring (bicyclic) bond motifs is 3. The van der Waals surface area contributed by atoms with E-state index in [9.17, 15) is 0 Å². The van der Waals surface area contributed by atoms with Crippen LogP contribution in [0.1, 0.15) is 24.0 Å². The van der Waals surface area contributed by atoms with Crippen molar-refractivity contribution in [2.75, 3.05) is 0 Å². The highest BCUT2D eigenvalue weighted by molar-refractivity contribution is 5.48. The summed E-state index contributed by atoms with van der Waals surface area (Å²) in [6.45, 7) is 6.59. The molecule has 0 atom stereocenters. The highest BCUT2D eigenvalue weighted by atomic mass is 15.0. The van der Waals surface area contributed by atoms with Crippen LogP contribution in [-0.2, 0) is 13.1 Å². The van der Waals surface area contributed by atoms with Crippen LogP contribution < -0.4 is 9.13 Å². The minimum absolute atomic E-state index is 1.13. The highest BCUT2D eigenvalue weighted by Gasteiger charge is 2.25. The molecule has 0 fully saturated rings. The maximum atomic E-state index is 2.39. The lowest BCUT2D eigenvalue weighted by Gasteiger charge is -2.09. The quantitative estimate of drug-likeness (QED) is 0.624. The molecule has 3 heterocycles. The first-order valence-corrected chi connectivity index (χ1v) is 6.74. The van der Waals surface area contributed by atoms with Gasteiger partial charge in [-0.15, -0.1) is 0 Å². The molecule has 0 N–H and O–H groups in total. The van der Waals surface area contributed by atoms with Gasteiger partial charge in [-0.1, -0.05) is 0 Å². The van der Waals surface area contributed by atoms with Crippen molar-refractivity contribution in [1.29, 1.82) is 0 Å². The molecule has 18 heavy (non-hydrogen) atoms. The average Bonchev–Trinajstić information content (AvgIpc) is 2.35. The Balaban J connectivity index is 2.25. The molecule has 1 aliphatic heterocycles. The van der Waals surface area contributed by atoms with E-state index in [1.54, 1.807) is 0 Å². The molecule has 3 rings (SSSR count). The normalized spacial score (nSPS) is 14.3. The Labute approximate surface area is 109 Å². The summed E-state index contributed by atoms with van der Waals surface area (Å²) < 4.78 is 4.77. The molecule has 0 radical (unpaired) electrons. The number of nitrogens with zero attached hydrogens (tertiary/aromatic N) is 2. The molecule has 92 valence electrons. The van der Waals surface area contributed by atoms with E-state index in [-0.39, 0.29) is 0 Å². The summed E-state index contributed by atoms with van der Waals surface area (Å²) in [6.07, 6.45) is 6.95. The van der Waals surface area contributed by atoms with Gasteiger partial charge in [-0.25, -0.2) is 0 Å². The summed E-state index contributed by atoms with van der Waals surface area (Å²) in [7, 11) is 0. The van der Waals surface area contributed by atoms with Gasteiger partial charge in [-0.2, -0.15) is 9.13 Å².